The lowest BCUT2D eigenvalue weighted by Gasteiger charge is -2.20. The smallest absolute Gasteiger partial charge is 0.312 e. The number of hydrazine groups is 2. The van der Waals surface area contributed by atoms with Crippen molar-refractivity contribution >= 4 is 23.8 Å². The molecule has 6 N–H and O–H groups in total. The number of carbonyl (C=O) groups is 4. The molecule has 10 nitrogen and oxygen atoms in total. The molecule has 0 saturated carbocycles. The molecule has 1 heterocycles. The van der Waals surface area contributed by atoms with E-state index in [1.54, 1.807) is 13.8 Å². The first-order chi connectivity index (χ1) is 9.83. The Morgan fingerprint density at radius 2 is 1.90 bits per heavy atom. The first-order valence-corrected chi connectivity index (χ1v) is 6.45. The molecule has 1 saturated heterocycles. The number of hydrogen-bond donors (Lipinski definition) is 4. The quantitative estimate of drug-likeness (QED) is 0.186. The molecule has 0 aromatic carbocycles. The van der Waals surface area contributed by atoms with E-state index < -0.39 is 35.7 Å². The first kappa shape index (κ1) is 16.9. The van der Waals surface area contributed by atoms with Crippen LogP contribution in [0.2, 0.25) is 0 Å². The maximum atomic E-state index is 12.2. The van der Waals surface area contributed by atoms with Gasteiger partial charge in [-0.3, -0.25) is 30.1 Å². The lowest BCUT2D eigenvalue weighted by Crippen LogP contribution is -2.43. The third kappa shape index (κ3) is 3.67. The molecule has 21 heavy (non-hydrogen) atoms. The Bertz CT molecular complexity index is 454. The molecule has 0 spiro atoms. The third-order valence-corrected chi connectivity index (χ3v) is 3.35. The van der Waals surface area contributed by atoms with Crippen molar-refractivity contribution in [1.29, 1.82) is 0 Å². The van der Waals surface area contributed by atoms with Gasteiger partial charge < -0.3 is 4.90 Å². The van der Waals surface area contributed by atoms with Crippen LogP contribution in [0.1, 0.15) is 20.3 Å². The maximum absolute atomic E-state index is 12.2. The summed E-state index contributed by atoms with van der Waals surface area (Å²) in [5.41, 5.74) is 3.92. The molecule has 1 aliphatic heterocycles. The van der Waals surface area contributed by atoms with Crippen molar-refractivity contribution in [2.45, 2.75) is 26.3 Å². The Balaban J connectivity index is 2.72. The van der Waals surface area contributed by atoms with Gasteiger partial charge in [0.05, 0.1) is 5.92 Å². The van der Waals surface area contributed by atoms with Gasteiger partial charge >= 0.3 is 6.03 Å². The highest BCUT2D eigenvalue weighted by Gasteiger charge is 2.43. The summed E-state index contributed by atoms with van der Waals surface area (Å²) in [6, 6.07) is -1.22. The number of imide groups is 1. The molecule has 0 radical (unpaired) electrons. The maximum Gasteiger partial charge on any atom is 0.327 e. The van der Waals surface area contributed by atoms with Gasteiger partial charge in [-0.25, -0.2) is 16.5 Å². The van der Waals surface area contributed by atoms with Gasteiger partial charge in [0, 0.05) is 19.5 Å². The van der Waals surface area contributed by atoms with Gasteiger partial charge in [0.2, 0.25) is 11.8 Å². The minimum Gasteiger partial charge on any atom is -0.312 e. The van der Waals surface area contributed by atoms with Crippen LogP contribution < -0.4 is 22.5 Å². The average Bonchev–Trinajstić information content (AvgIpc) is 2.67. The summed E-state index contributed by atoms with van der Waals surface area (Å²) in [6.45, 7) is 3.12. The molecule has 2 atom stereocenters. The Kier molecular flexibility index (Phi) is 5.61. The number of carbonyl (C=O) groups excluding carboxylic acids is 4. The fourth-order valence-electron chi connectivity index (χ4n) is 2.02. The first-order valence-electron chi connectivity index (χ1n) is 6.45. The van der Waals surface area contributed by atoms with Crippen molar-refractivity contribution in [2.24, 2.45) is 17.6 Å². The molecule has 1 fully saturated rings. The van der Waals surface area contributed by atoms with Crippen molar-refractivity contribution in [3.63, 3.8) is 0 Å². The predicted octanol–water partition coefficient (Wildman–Crippen LogP) is -2.35. The van der Waals surface area contributed by atoms with Gasteiger partial charge in [-0.15, -0.1) is 0 Å². The molecule has 0 aliphatic carbocycles. The molecule has 10 heteroatoms. The van der Waals surface area contributed by atoms with E-state index in [1.165, 1.54) is 4.90 Å². The molecule has 0 aromatic heterocycles. The highest BCUT2D eigenvalue weighted by atomic mass is 16.2. The van der Waals surface area contributed by atoms with Crippen LogP contribution in [0.5, 0.6) is 0 Å². The van der Waals surface area contributed by atoms with Gasteiger partial charge in [0.1, 0.15) is 6.04 Å². The molecule has 118 valence electrons. The molecule has 5 amide bonds. The number of amides is 5. The van der Waals surface area contributed by atoms with Crippen LogP contribution in [0.4, 0.5) is 4.79 Å². The van der Waals surface area contributed by atoms with E-state index in [1.807, 2.05) is 10.9 Å². The van der Waals surface area contributed by atoms with Crippen molar-refractivity contribution < 1.29 is 19.2 Å². The number of hydrogen-bond acceptors (Lipinski definition) is 6. The lowest BCUT2D eigenvalue weighted by molar-refractivity contribution is -0.130. The molecular formula is C11H20N6O4. The van der Waals surface area contributed by atoms with Gasteiger partial charge in [-0.05, 0) is 6.92 Å². The van der Waals surface area contributed by atoms with Gasteiger partial charge in [0.25, 0.3) is 5.91 Å². The van der Waals surface area contributed by atoms with Crippen LogP contribution in [0.25, 0.3) is 0 Å². The highest BCUT2D eigenvalue weighted by molar-refractivity contribution is 6.04. The standard InChI is InChI=1S/C11H20N6O4/c1-6(9(19)15-13)5-17-10(20)7(2)16(11(17)21)4-3-8(18)14-12/h6-7H,3-5,12-13H2,1-2H3,(H,14,18)(H,15,19). The van der Waals surface area contributed by atoms with E-state index in [-0.39, 0.29) is 19.5 Å². The largest absolute Gasteiger partial charge is 0.327 e. The van der Waals surface area contributed by atoms with Crippen molar-refractivity contribution in [2.75, 3.05) is 13.1 Å². The summed E-state index contributed by atoms with van der Waals surface area (Å²) >= 11 is 0. The summed E-state index contributed by atoms with van der Waals surface area (Å²) in [5, 5.41) is 0. The topological polar surface area (TPSA) is 151 Å². The van der Waals surface area contributed by atoms with Gasteiger partial charge in [-0.2, -0.15) is 0 Å². The van der Waals surface area contributed by atoms with E-state index in [2.05, 4.69) is 0 Å². The molecular weight excluding hydrogens is 280 g/mol. The van der Waals surface area contributed by atoms with E-state index in [4.69, 9.17) is 11.7 Å². The Hall–Kier alpha value is -2.20. The SMILES string of the molecule is CC(CN1C(=O)C(C)N(CCC(=O)NN)C1=O)C(=O)NN. The normalized spacial score (nSPS) is 19.7. The number of urea groups is 1. The summed E-state index contributed by atoms with van der Waals surface area (Å²) in [7, 11) is 0. The molecule has 1 aliphatic rings. The zero-order valence-corrected chi connectivity index (χ0v) is 12.0. The van der Waals surface area contributed by atoms with E-state index in [9.17, 15) is 19.2 Å². The second-order valence-electron chi connectivity index (χ2n) is 4.83. The predicted molar refractivity (Wildman–Crippen MR) is 71.7 cm³/mol. The van der Waals surface area contributed by atoms with Crippen LogP contribution in [0, 0.1) is 5.92 Å². The third-order valence-electron chi connectivity index (χ3n) is 3.35. The molecule has 0 aromatic rings. The van der Waals surface area contributed by atoms with Crippen molar-refractivity contribution in [1.82, 2.24) is 20.7 Å². The fraction of sp³-hybridized carbons (Fsp3) is 0.636. The molecule has 2 unspecified atom stereocenters. The Morgan fingerprint density at radius 3 is 2.43 bits per heavy atom. The minimum atomic E-state index is -0.684. The number of nitrogens with one attached hydrogen (secondary N) is 2. The van der Waals surface area contributed by atoms with Crippen molar-refractivity contribution in [3.05, 3.63) is 0 Å². The van der Waals surface area contributed by atoms with Gasteiger partial charge in [-0.1, -0.05) is 6.92 Å². The number of nitrogens with zero attached hydrogens (tertiary/aromatic N) is 2. The van der Waals surface area contributed by atoms with Crippen LogP contribution in [0.3, 0.4) is 0 Å². The average molecular weight is 300 g/mol. The number of rotatable bonds is 6. The molecule has 0 bridgehead atoms. The fourth-order valence-corrected chi connectivity index (χ4v) is 2.02. The summed E-state index contributed by atoms with van der Waals surface area (Å²) in [4.78, 5) is 49.0. The number of nitrogens with two attached hydrogens (primary N) is 2. The summed E-state index contributed by atoms with van der Waals surface area (Å²) in [5.74, 6) is 8.03. The van der Waals surface area contributed by atoms with Crippen LogP contribution in [0.15, 0.2) is 0 Å². The minimum absolute atomic E-state index is 0.00740. The Morgan fingerprint density at radius 1 is 1.29 bits per heavy atom. The second-order valence-corrected chi connectivity index (χ2v) is 4.83. The van der Waals surface area contributed by atoms with E-state index >= 15 is 0 Å². The second kappa shape index (κ2) is 6.99. The zero-order valence-electron chi connectivity index (χ0n) is 12.0. The van der Waals surface area contributed by atoms with Crippen LogP contribution in [-0.2, 0) is 14.4 Å². The molecule has 1 rings (SSSR count). The summed E-state index contributed by atoms with van der Waals surface area (Å²) in [6.07, 6.45) is -0.00740. The highest BCUT2D eigenvalue weighted by Crippen LogP contribution is 2.19. The zero-order chi connectivity index (χ0) is 16.2. The van der Waals surface area contributed by atoms with Crippen LogP contribution in [-0.4, -0.2) is 52.7 Å². The monoisotopic (exact) mass is 300 g/mol. The van der Waals surface area contributed by atoms with Gasteiger partial charge in [0.15, 0.2) is 0 Å². The van der Waals surface area contributed by atoms with Crippen LogP contribution >= 0.6 is 0 Å². The van der Waals surface area contributed by atoms with Crippen molar-refractivity contribution in [3.8, 4) is 0 Å². The van der Waals surface area contributed by atoms with E-state index in [0.717, 1.165) is 4.90 Å². The Labute approximate surface area is 121 Å². The van der Waals surface area contributed by atoms with E-state index in [0.29, 0.717) is 0 Å². The lowest BCUT2D eigenvalue weighted by atomic mass is 10.1. The summed E-state index contributed by atoms with van der Waals surface area (Å²) < 4.78 is 0.